The molecule has 0 amide bonds. The van der Waals surface area contributed by atoms with Crippen LogP contribution in [0.4, 0.5) is 17.1 Å². The van der Waals surface area contributed by atoms with Gasteiger partial charge in [0.25, 0.3) is 0 Å². The Balaban J connectivity index is 1.17. The van der Waals surface area contributed by atoms with Crippen molar-refractivity contribution in [2.75, 3.05) is 4.90 Å². The number of nitrogens with zero attached hydrogens (tertiary/aromatic N) is 1. The summed E-state index contributed by atoms with van der Waals surface area (Å²) < 4.78 is 81.4. The Labute approximate surface area is 326 Å². The van der Waals surface area contributed by atoms with Crippen LogP contribution in [0.2, 0.25) is 0 Å². The second-order valence-corrected chi connectivity index (χ2v) is 13.1. The van der Waals surface area contributed by atoms with Gasteiger partial charge in [0.1, 0.15) is 11.2 Å². The van der Waals surface area contributed by atoms with Gasteiger partial charge in [-0.25, -0.2) is 0 Å². The van der Waals surface area contributed by atoms with Gasteiger partial charge in [0.2, 0.25) is 0 Å². The minimum Gasteiger partial charge on any atom is -0.455 e. The molecule has 0 bridgehead atoms. The van der Waals surface area contributed by atoms with Gasteiger partial charge in [-0.2, -0.15) is 0 Å². The van der Waals surface area contributed by atoms with Crippen molar-refractivity contribution in [1.82, 2.24) is 0 Å². The highest BCUT2D eigenvalue weighted by Gasteiger charge is 2.17. The Hall–Kier alpha value is -7.16. The predicted octanol–water partition coefficient (Wildman–Crippen LogP) is 14.9. The molecule has 0 aliphatic heterocycles. The lowest BCUT2D eigenvalue weighted by molar-refractivity contribution is 0.673. The van der Waals surface area contributed by atoms with E-state index in [1.807, 2.05) is 97.1 Å². The van der Waals surface area contributed by atoms with Crippen LogP contribution in [0, 0.1) is 0 Å². The molecule has 2 nitrogen and oxygen atoms in total. The molecule has 1 heterocycles. The van der Waals surface area contributed by atoms with Gasteiger partial charge in [0.05, 0.1) is 11.0 Å². The van der Waals surface area contributed by atoms with Crippen molar-refractivity contribution in [3.8, 4) is 44.5 Å². The highest BCUT2D eigenvalue weighted by Crippen LogP contribution is 2.42. The Morgan fingerprint density at radius 3 is 1.61 bits per heavy atom. The molecule has 10 rings (SSSR count). The molecule has 0 N–H and O–H groups in total. The van der Waals surface area contributed by atoms with E-state index >= 15 is 0 Å². The van der Waals surface area contributed by atoms with E-state index in [1.54, 1.807) is 48.5 Å². The van der Waals surface area contributed by atoms with E-state index in [4.69, 9.17) is 4.42 Å². The van der Waals surface area contributed by atoms with E-state index in [9.17, 15) is 11.0 Å². The van der Waals surface area contributed by atoms with Crippen LogP contribution >= 0.6 is 0 Å². The van der Waals surface area contributed by atoms with Crippen molar-refractivity contribution in [3.05, 3.63) is 212 Å². The molecular weight excluding hydrogens is 655 g/mol. The molecule has 0 unspecified atom stereocenters. The fourth-order valence-electron chi connectivity index (χ4n) is 7.17. The number of rotatable bonds is 7. The van der Waals surface area contributed by atoms with E-state index in [-0.39, 0.29) is 46.7 Å². The van der Waals surface area contributed by atoms with Crippen molar-refractivity contribution < 1.29 is 15.4 Å². The van der Waals surface area contributed by atoms with Crippen molar-refractivity contribution in [2.45, 2.75) is 0 Å². The smallest absolute Gasteiger partial charge is 0.143 e. The SMILES string of the molecule is [2H]c1c([2H])c(N(c2ccc(-c3cccc4oc5c6ccccc6ccc5c34)cc2)c2c([2H])c([2H])c(-c3cccc(-c4ccccc4)c3)c([2H])c2[2H])c([2H])c([2H])c1-c1ccccc1. The first-order chi connectivity index (χ1) is 30.1. The second-order valence-electron chi connectivity index (χ2n) is 13.1. The first-order valence-electron chi connectivity index (χ1n) is 21.8. The van der Waals surface area contributed by atoms with E-state index in [0.717, 1.165) is 55.0 Å². The molecule has 54 heavy (non-hydrogen) atoms. The Morgan fingerprint density at radius 2 is 0.926 bits per heavy atom. The van der Waals surface area contributed by atoms with E-state index in [0.29, 0.717) is 16.8 Å². The number of anilines is 3. The van der Waals surface area contributed by atoms with Gasteiger partial charge in [0, 0.05) is 33.2 Å². The van der Waals surface area contributed by atoms with Gasteiger partial charge in [-0.05, 0) is 104 Å². The molecule has 0 aliphatic carbocycles. The molecule has 0 spiro atoms. The maximum Gasteiger partial charge on any atom is 0.143 e. The van der Waals surface area contributed by atoms with Crippen molar-refractivity contribution in [2.24, 2.45) is 0 Å². The zero-order chi connectivity index (χ0) is 42.8. The molecule has 10 aromatic rings. The summed E-state index contributed by atoms with van der Waals surface area (Å²) in [5.74, 6) is 0. The first kappa shape index (κ1) is 24.2. The summed E-state index contributed by atoms with van der Waals surface area (Å²) in [4.78, 5) is 1.34. The topological polar surface area (TPSA) is 16.4 Å². The summed E-state index contributed by atoms with van der Waals surface area (Å²) in [6.45, 7) is 0. The molecule has 0 atom stereocenters. The fourth-order valence-corrected chi connectivity index (χ4v) is 7.17. The maximum atomic E-state index is 9.52. The van der Waals surface area contributed by atoms with Crippen LogP contribution in [0.1, 0.15) is 11.0 Å². The number of hydrogen-bond donors (Lipinski definition) is 0. The zero-order valence-electron chi connectivity index (χ0n) is 36.9. The number of benzene rings is 9. The summed E-state index contributed by atoms with van der Waals surface area (Å²) in [5.41, 5.74) is 6.13. The Kier molecular flexibility index (Phi) is 6.01. The predicted molar refractivity (Wildman–Crippen MR) is 228 cm³/mol. The highest BCUT2D eigenvalue weighted by atomic mass is 16.3. The Morgan fingerprint density at radius 1 is 0.370 bits per heavy atom. The minimum atomic E-state index is -0.402. The van der Waals surface area contributed by atoms with Crippen LogP contribution in [0.25, 0.3) is 77.2 Å². The third-order valence-electron chi connectivity index (χ3n) is 9.82. The molecule has 0 radical (unpaired) electrons. The average molecular weight is 698 g/mol. The van der Waals surface area contributed by atoms with Gasteiger partial charge in [-0.15, -0.1) is 0 Å². The van der Waals surface area contributed by atoms with Gasteiger partial charge < -0.3 is 9.32 Å². The van der Waals surface area contributed by atoms with Crippen LogP contribution in [-0.4, -0.2) is 0 Å². The van der Waals surface area contributed by atoms with Crippen LogP contribution in [0.5, 0.6) is 0 Å². The third-order valence-corrected chi connectivity index (χ3v) is 9.82. The quantitative estimate of drug-likeness (QED) is 0.165. The van der Waals surface area contributed by atoms with E-state index in [2.05, 4.69) is 18.2 Å². The molecule has 9 aromatic carbocycles. The zero-order valence-corrected chi connectivity index (χ0v) is 28.9. The van der Waals surface area contributed by atoms with Gasteiger partial charge in [-0.3, -0.25) is 0 Å². The molecule has 1 aromatic heterocycles. The lowest BCUT2D eigenvalue weighted by atomic mass is 9.97. The molecule has 0 saturated heterocycles. The summed E-state index contributed by atoms with van der Waals surface area (Å²) in [6, 6.07) is 48.3. The van der Waals surface area contributed by atoms with Gasteiger partial charge >= 0.3 is 0 Å². The largest absolute Gasteiger partial charge is 0.455 e. The Bertz CT molecular complexity index is 3330. The van der Waals surface area contributed by atoms with Crippen LogP contribution in [-0.2, 0) is 0 Å². The van der Waals surface area contributed by atoms with E-state index in [1.165, 1.54) is 4.90 Å². The summed E-state index contributed by atoms with van der Waals surface area (Å²) in [6.07, 6.45) is 0. The summed E-state index contributed by atoms with van der Waals surface area (Å²) in [7, 11) is 0. The second kappa shape index (κ2) is 13.4. The summed E-state index contributed by atoms with van der Waals surface area (Å²) >= 11 is 0. The number of hydrogen-bond acceptors (Lipinski definition) is 2. The van der Waals surface area contributed by atoms with Crippen molar-refractivity contribution >= 4 is 49.8 Å². The maximum absolute atomic E-state index is 9.52. The number of furan rings is 1. The minimum absolute atomic E-state index is 0.101. The number of fused-ring (bicyclic) bond motifs is 5. The standard InChI is InChI=1S/C52H35NO/c1-3-11-36(12-4-1)38-21-28-44(29-22-38)53(45-30-23-39(24-31-45)43-17-9-16-42(35-43)37-13-5-2-6-14-37)46-32-25-41(26-33-46)47-19-10-20-50-51(47)49-34-27-40-15-7-8-18-48(40)52(49)54-50/h1-35H/i21D,22D,23D,24D,28D,29D,30D,31D. The van der Waals surface area contributed by atoms with Crippen molar-refractivity contribution in [3.63, 3.8) is 0 Å². The molecule has 0 saturated carbocycles. The molecule has 2 heteroatoms. The van der Waals surface area contributed by atoms with Crippen LogP contribution in [0.3, 0.4) is 0 Å². The van der Waals surface area contributed by atoms with Gasteiger partial charge in [-0.1, -0.05) is 158 Å². The molecule has 0 fully saturated rings. The van der Waals surface area contributed by atoms with Crippen LogP contribution in [0.15, 0.2) is 217 Å². The first-order valence-corrected chi connectivity index (χ1v) is 17.8. The normalized spacial score (nSPS) is 13.4. The lowest BCUT2D eigenvalue weighted by Gasteiger charge is -2.26. The third kappa shape index (κ3) is 5.71. The fraction of sp³-hybridized carbons (Fsp3) is 0. The molecular formula is C52H35NO. The molecule has 254 valence electrons. The molecule has 0 aliphatic rings. The highest BCUT2D eigenvalue weighted by molar-refractivity contribution is 6.19. The lowest BCUT2D eigenvalue weighted by Crippen LogP contribution is -2.09. The summed E-state index contributed by atoms with van der Waals surface area (Å²) in [5, 5.41) is 3.96. The monoisotopic (exact) mass is 697 g/mol. The average Bonchev–Trinajstić information content (AvgIpc) is 3.71. The van der Waals surface area contributed by atoms with E-state index < -0.39 is 24.2 Å². The van der Waals surface area contributed by atoms with Crippen molar-refractivity contribution in [1.29, 1.82) is 0 Å². The van der Waals surface area contributed by atoms with Crippen LogP contribution < -0.4 is 4.90 Å². The van der Waals surface area contributed by atoms with Gasteiger partial charge in [0.15, 0.2) is 0 Å².